The minimum atomic E-state index is -0.766. The Balaban J connectivity index is 1.61. The molecule has 2 heterocycles. The first kappa shape index (κ1) is 16.9. The standard InChI is InChI=1S/C18H18Cl2N2O3/c19-18(20)9-12(18)10-25-17(24)11-5-6-13-14(8-11)21-15-4-2-1-3-7-22(15)16(13)23/h5-6,8,12H,1-4,7,9-10H2/t12-/m0/s1. The Morgan fingerprint density at radius 1 is 1.32 bits per heavy atom. The van der Waals surface area contributed by atoms with E-state index in [4.69, 9.17) is 27.9 Å². The van der Waals surface area contributed by atoms with E-state index < -0.39 is 10.3 Å². The van der Waals surface area contributed by atoms with Gasteiger partial charge in [-0.1, -0.05) is 6.42 Å². The molecule has 1 saturated carbocycles. The first-order valence-corrected chi connectivity index (χ1v) is 9.30. The van der Waals surface area contributed by atoms with Gasteiger partial charge in [-0.05, 0) is 37.5 Å². The highest BCUT2D eigenvalue weighted by molar-refractivity contribution is 6.50. The Bertz CT molecular complexity index is 907. The van der Waals surface area contributed by atoms with Gasteiger partial charge in [-0.15, -0.1) is 23.2 Å². The highest BCUT2D eigenvalue weighted by Gasteiger charge is 2.52. The Kier molecular flexibility index (Phi) is 4.24. The van der Waals surface area contributed by atoms with Crippen LogP contribution in [0.25, 0.3) is 10.9 Å². The van der Waals surface area contributed by atoms with Gasteiger partial charge in [0.1, 0.15) is 10.2 Å². The van der Waals surface area contributed by atoms with Crippen molar-refractivity contribution in [2.75, 3.05) is 6.61 Å². The summed E-state index contributed by atoms with van der Waals surface area (Å²) in [5, 5.41) is 0.532. The van der Waals surface area contributed by atoms with Gasteiger partial charge in [0.25, 0.3) is 5.56 Å². The smallest absolute Gasteiger partial charge is 0.338 e. The van der Waals surface area contributed by atoms with E-state index in [0.29, 0.717) is 29.4 Å². The third-order valence-corrected chi connectivity index (χ3v) is 5.85. The number of halogens is 2. The summed E-state index contributed by atoms with van der Waals surface area (Å²) in [6, 6.07) is 4.90. The van der Waals surface area contributed by atoms with Crippen molar-refractivity contribution in [1.82, 2.24) is 9.55 Å². The monoisotopic (exact) mass is 380 g/mol. The van der Waals surface area contributed by atoms with Crippen LogP contribution < -0.4 is 5.56 Å². The second-order valence-electron chi connectivity index (χ2n) is 6.79. The van der Waals surface area contributed by atoms with Gasteiger partial charge in [-0.2, -0.15) is 0 Å². The first-order chi connectivity index (χ1) is 12.0. The Hall–Kier alpha value is -1.59. The summed E-state index contributed by atoms with van der Waals surface area (Å²) in [6.07, 6.45) is 4.54. The van der Waals surface area contributed by atoms with Crippen molar-refractivity contribution in [1.29, 1.82) is 0 Å². The molecule has 1 aromatic heterocycles. The number of esters is 1. The number of benzene rings is 1. The summed E-state index contributed by atoms with van der Waals surface area (Å²) in [4.78, 5) is 29.5. The second kappa shape index (κ2) is 6.29. The summed E-state index contributed by atoms with van der Waals surface area (Å²) in [5.41, 5.74) is 0.894. The molecule has 0 bridgehead atoms. The van der Waals surface area contributed by atoms with Gasteiger partial charge >= 0.3 is 5.97 Å². The summed E-state index contributed by atoms with van der Waals surface area (Å²) in [5.74, 6) is 0.334. The molecule has 1 aromatic carbocycles. The topological polar surface area (TPSA) is 61.2 Å². The maximum atomic E-state index is 12.7. The highest BCUT2D eigenvalue weighted by Crippen LogP contribution is 2.53. The summed E-state index contributed by atoms with van der Waals surface area (Å²) < 4.78 is 6.28. The van der Waals surface area contributed by atoms with Gasteiger partial charge in [-0.3, -0.25) is 9.36 Å². The van der Waals surface area contributed by atoms with Gasteiger partial charge < -0.3 is 4.74 Å². The van der Waals surface area contributed by atoms with Crippen LogP contribution in [0.15, 0.2) is 23.0 Å². The molecule has 0 spiro atoms. The van der Waals surface area contributed by atoms with Crippen molar-refractivity contribution in [2.24, 2.45) is 5.92 Å². The summed E-state index contributed by atoms with van der Waals surface area (Å²) in [7, 11) is 0. The maximum absolute atomic E-state index is 12.7. The van der Waals surface area contributed by atoms with Crippen molar-refractivity contribution < 1.29 is 9.53 Å². The number of hydrogen-bond donors (Lipinski definition) is 0. The molecule has 1 atom stereocenters. The molecule has 132 valence electrons. The number of fused-ring (bicyclic) bond motifs is 2. The van der Waals surface area contributed by atoms with Crippen LogP contribution >= 0.6 is 23.2 Å². The van der Waals surface area contributed by atoms with Crippen molar-refractivity contribution in [3.8, 4) is 0 Å². The largest absolute Gasteiger partial charge is 0.462 e. The van der Waals surface area contributed by atoms with E-state index in [9.17, 15) is 9.59 Å². The second-order valence-corrected chi connectivity index (χ2v) is 8.33. The lowest BCUT2D eigenvalue weighted by molar-refractivity contribution is 0.0485. The third kappa shape index (κ3) is 3.27. The predicted molar refractivity (Wildman–Crippen MR) is 96.4 cm³/mol. The summed E-state index contributed by atoms with van der Waals surface area (Å²) in [6.45, 7) is 0.908. The minimum Gasteiger partial charge on any atom is -0.462 e. The lowest BCUT2D eigenvalue weighted by Crippen LogP contribution is -2.24. The first-order valence-electron chi connectivity index (χ1n) is 8.54. The minimum absolute atomic E-state index is 0.0150. The average Bonchev–Trinajstić information content (AvgIpc) is 3.27. The average molecular weight is 381 g/mol. The van der Waals surface area contributed by atoms with Crippen molar-refractivity contribution in [2.45, 2.75) is 43.0 Å². The molecular formula is C18H18Cl2N2O3. The lowest BCUT2D eigenvalue weighted by atomic mass is 10.1. The number of ether oxygens (including phenoxy) is 1. The molecule has 7 heteroatoms. The van der Waals surface area contributed by atoms with Crippen LogP contribution in [0, 0.1) is 5.92 Å². The molecule has 0 saturated heterocycles. The van der Waals surface area contributed by atoms with E-state index in [2.05, 4.69) is 4.98 Å². The Morgan fingerprint density at radius 3 is 2.88 bits per heavy atom. The number of carbonyl (C=O) groups excluding carboxylic acids is 1. The molecule has 1 fully saturated rings. The molecular weight excluding hydrogens is 363 g/mol. The molecule has 0 unspecified atom stereocenters. The van der Waals surface area contributed by atoms with Crippen LogP contribution in [0.1, 0.15) is 41.9 Å². The van der Waals surface area contributed by atoms with E-state index in [1.165, 1.54) is 0 Å². The number of hydrogen-bond acceptors (Lipinski definition) is 4. The number of aryl methyl sites for hydroxylation is 1. The van der Waals surface area contributed by atoms with Crippen LogP contribution in [0.5, 0.6) is 0 Å². The SMILES string of the molecule is O=C(OC[C@@H]1CC1(Cl)Cl)c1ccc2c(=O)n3c(nc2c1)CCCCC3. The molecule has 1 aliphatic carbocycles. The zero-order chi connectivity index (χ0) is 17.6. The molecule has 25 heavy (non-hydrogen) atoms. The molecule has 0 N–H and O–H groups in total. The van der Waals surface area contributed by atoms with Crippen LogP contribution in [-0.2, 0) is 17.7 Å². The number of alkyl halides is 2. The van der Waals surface area contributed by atoms with Crippen molar-refractivity contribution >= 4 is 40.1 Å². The number of carbonyl (C=O) groups is 1. The third-order valence-electron chi connectivity index (χ3n) is 4.92. The Morgan fingerprint density at radius 2 is 2.12 bits per heavy atom. The number of nitrogens with zero attached hydrogens (tertiary/aromatic N) is 2. The predicted octanol–water partition coefficient (Wildman–Crippen LogP) is 3.47. The lowest BCUT2D eigenvalue weighted by Gasteiger charge is -2.11. The number of aromatic nitrogens is 2. The fourth-order valence-corrected chi connectivity index (χ4v) is 3.75. The van der Waals surface area contributed by atoms with E-state index in [1.54, 1.807) is 22.8 Å². The Labute approximate surface area is 154 Å². The molecule has 2 aliphatic rings. The molecule has 1 aliphatic heterocycles. The van der Waals surface area contributed by atoms with Crippen molar-refractivity contribution in [3.63, 3.8) is 0 Å². The zero-order valence-electron chi connectivity index (χ0n) is 13.6. The molecule has 5 nitrogen and oxygen atoms in total. The van der Waals surface area contributed by atoms with Gasteiger partial charge in [0, 0.05) is 18.9 Å². The van der Waals surface area contributed by atoms with Crippen LogP contribution in [0.3, 0.4) is 0 Å². The van der Waals surface area contributed by atoms with Gasteiger partial charge in [0.05, 0.1) is 23.1 Å². The fourth-order valence-electron chi connectivity index (χ4n) is 3.26. The molecule has 4 rings (SSSR count). The van der Waals surface area contributed by atoms with E-state index >= 15 is 0 Å². The van der Waals surface area contributed by atoms with E-state index in [1.807, 2.05) is 0 Å². The van der Waals surface area contributed by atoms with Gasteiger partial charge in [-0.25, -0.2) is 9.78 Å². The molecule has 2 aromatic rings. The normalized spacial score (nSPS) is 21.4. The van der Waals surface area contributed by atoms with Crippen LogP contribution in [-0.4, -0.2) is 26.5 Å². The molecule has 0 radical (unpaired) electrons. The van der Waals surface area contributed by atoms with Gasteiger partial charge in [0.2, 0.25) is 0 Å². The van der Waals surface area contributed by atoms with Gasteiger partial charge in [0.15, 0.2) is 0 Å². The van der Waals surface area contributed by atoms with E-state index in [0.717, 1.165) is 31.5 Å². The summed E-state index contributed by atoms with van der Waals surface area (Å²) >= 11 is 11.9. The van der Waals surface area contributed by atoms with Crippen molar-refractivity contribution in [3.05, 3.63) is 39.9 Å². The maximum Gasteiger partial charge on any atom is 0.338 e. The zero-order valence-corrected chi connectivity index (χ0v) is 15.1. The number of rotatable bonds is 3. The van der Waals surface area contributed by atoms with Crippen LogP contribution in [0.2, 0.25) is 0 Å². The quantitative estimate of drug-likeness (QED) is 0.603. The fraction of sp³-hybridized carbons (Fsp3) is 0.500. The highest BCUT2D eigenvalue weighted by atomic mass is 35.5. The van der Waals surface area contributed by atoms with E-state index in [-0.39, 0.29) is 18.1 Å². The molecule has 0 amide bonds. The van der Waals surface area contributed by atoms with Crippen LogP contribution in [0.4, 0.5) is 0 Å².